The maximum atomic E-state index is 12.0. The Morgan fingerprint density at radius 3 is 2.75 bits per heavy atom. The molecule has 2 N–H and O–H groups in total. The first-order valence-corrected chi connectivity index (χ1v) is 7.99. The maximum absolute atomic E-state index is 12.0. The summed E-state index contributed by atoms with van der Waals surface area (Å²) < 4.78 is 1.02. The van der Waals surface area contributed by atoms with Gasteiger partial charge < -0.3 is 10.2 Å². The van der Waals surface area contributed by atoms with Crippen LogP contribution in [0.5, 0.6) is 0 Å². The molecular weight excluding hydrogens is 308 g/mol. The van der Waals surface area contributed by atoms with Crippen LogP contribution in [-0.2, 0) is 11.3 Å². The van der Waals surface area contributed by atoms with E-state index in [4.69, 9.17) is 0 Å². The molecule has 24 heavy (non-hydrogen) atoms. The molecule has 0 aliphatic carbocycles. The zero-order valence-corrected chi connectivity index (χ0v) is 13.3. The van der Waals surface area contributed by atoms with Crippen molar-refractivity contribution in [3.8, 4) is 0 Å². The second kappa shape index (κ2) is 7.16. The first-order valence-electron chi connectivity index (χ1n) is 7.99. The third-order valence-electron chi connectivity index (χ3n) is 4.19. The van der Waals surface area contributed by atoms with E-state index in [0.717, 1.165) is 36.3 Å². The molecule has 1 atom stereocenters. The molecule has 1 amide bonds. The fourth-order valence-corrected chi connectivity index (χ4v) is 2.91. The largest absolute Gasteiger partial charge is 0.371 e. The SMILES string of the molecule is O=C(Cn1[nH]c(=O)ccc1=O)NC[C@@H]1CCN(c2ccccc2)C1. The van der Waals surface area contributed by atoms with Crippen molar-refractivity contribution >= 4 is 11.6 Å². The van der Waals surface area contributed by atoms with Gasteiger partial charge in [0.1, 0.15) is 6.54 Å². The minimum absolute atomic E-state index is 0.177. The van der Waals surface area contributed by atoms with E-state index in [1.165, 1.54) is 5.69 Å². The summed E-state index contributed by atoms with van der Waals surface area (Å²) in [4.78, 5) is 37.1. The quantitative estimate of drug-likeness (QED) is 0.820. The molecule has 1 aliphatic rings. The van der Waals surface area contributed by atoms with Crippen LogP contribution in [0, 0.1) is 5.92 Å². The third-order valence-corrected chi connectivity index (χ3v) is 4.19. The first-order chi connectivity index (χ1) is 11.6. The van der Waals surface area contributed by atoms with Crippen molar-refractivity contribution < 1.29 is 4.79 Å². The van der Waals surface area contributed by atoms with Crippen LogP contribution in [0.1, 0.15) is 6.42 Å². The molecule has 7 heteroatoms. The lowest BCUT2D eigenvalue weighted by molar-refractivity contribution is -0.122. The van der Waals surface area contributed by atoms with Crippen LogP contribution in [0.25, 0.3) is 0 Å². The lowest BCUT2D eigenvalue weighted by Crippen LogP contribution is -2.38. The number of hydrogen-bond acceptors (Lipinski definition) is 4. The molecule has 1 saturated heterocycles. The van der Waals surface area contributed by atoms with Gasteiger partial charge in [-0.15, -0.1) is 0 Å². The van der Waals surface area contributed by atoms with Crippen LogP contribution < -0.4 is 21.3 Å². The molecule has 1 aliphatic heterocycles. The fraction of sp³-hybridized carbons (Fsp3) is 0.353. The fourth-order valence-electron chi connectivity index (χ4n) is 2.91. The lowest BCUT2D eigenvalue weighted by atomic mass is 10.1. The predicted octanol–water partition coefficient (Wildman–Crippen LogP) is 0.179. The Bertz CT molecular complexity index is 812. The number of nitrogens with one attached hydrogen (secondary N) is 2. The first kappa shape index (κ1) is 16.0. The molecule has 3 rings (SSSR count). The Kier molecular flexibility index (Phi) is 4.79. The average molecular weight is 328 g/mol. The topological polar surface area (TPSA) is 87.2 Å². The molecule has 1 fully saturated rings. The number of nitrogens with zero attached hydrogens (tertiary/aromatic N) is 2. The van der Waals surface area contributed by atoms with E-state index in [9.17, 15) is 14.4 Å². The summed E-state index contributed by atoms with van der Waals surface area (Å²) >= 11 is 0. The number of H-pyrrole nitrogens is 1. The molecule has 1 aromatic carbocycles. The van der Waals surface area contributed by atoms with Crippen molar-refractivity contribution in [2.75, 3.05) is 24.5 Å². The van der Waals surface area contributed by atoms with Crippen LogP contribution in [-0.4, -0.2) is 35.3 Å². The highest BCUT2D eigenvalue weighted by atomic mass is 16.2. The van der Waals surface area contributed by atoms with Gasteiger partial charge >= 0.3 is 0 Å². The van der Waals surface area contributed by atoms with Crippen molar-refractivity contribution in [3.63, 3.8) is 0 Å². The maximum Gasteiger partial charge on any atom is 0.265 e. The Labute approximate surface area is 138 Å². The van der Waals surface area contributed by atoms with E-state index in [-0.39, 0.29) is 12.5 Å². The summed E-state index contributed by atoms with van der Waals surface area (Å²) in [6.07, 6.45) is 1.01. The van der Waals surface area contributed by atoms with Gasteiger partial charge in [0.15, 0.2) is 0 Å². The number of carbonyl (C=O) groups excluding carboxylic acids is 1. The number of anilines is 1. The van der Waals surface area contributed by atoms with E-state index in [1.807, 2.05) is 18.2 Å². The summed E-state index contributed by atoms with van der Waals surface area (Å²) in [5, 5.41) is 5.19. The molecule has 1 aromatic heterocycles. The smallest absolute Gasteiger partial charge is 0.265 e. The van der Waals surface area contributed by atoms with Gasteiger partial charge in [-0.05, 0) is 24.5 Å². The third kappa shape index (κ3) is 3.92. The molecule has 0 radical (unpaired) electrons. The van der Waals surface area contributed by atoms with Gasteiger partial charge in [0.2, 0.25) is 5.91 Å². The summed E-state index contributed by atoms with van der Waals surface area (Å²) in [5.74, 6) is 0.0952. The van der Waals surface area contributed by atoms with Gasteiger partial charge in [0.05, 0.1) is 0 Å². The van der Waals surface area contributed by atoms with Crippen molar-refractivity contribution in [2.45, 2.75) is 13.0 Å². The Balaban J connectivity index is 1.50. The molecule has 126 valence electrons. The standard InChI is InChI=1S/C17H20N4O3/c22-15-6-7-17(24)21(19-15)12-16(23)18-10-13-8-9-20(11-13)14-4-2-1-3-5-14/h1-7,13H,8-12H2,(H,18,23)(H,19,22)/t13-/m0/s1. The van der Waals surface area contributed by atoms with E-state index < -0.39 is 11.1 Å². The Morgan fingerprint density at radius 1 is 1.17 bits per heavy atom. The molecular formula is C17H20N4O3. The minimum Gasteiger partial charge on any atom is -0.371 e. The van der Waals surface area contributed by atoms with Crippen molar-refractivity contribution in [1.82, 2.24) is 15.1 Å². The van der Waals surface area contributed by atoms with Gasteiger partial charge in [-0.1, -0.05) is 18.2 Å². The average Bonchev–Trinajstić information content (AvgIpc) is 3.06. The highest BCUT2D eigenvalue weighted by molar-refractivity contribution is 5.75. The van der Waals surface area contributed by atoms with Gasteiger partial charge in [0.25, 0.3) is 11.1 Å². The molecule has 0 unspecified atom stereocenters. The molecule has 0 spiro atoms. The van der Waals surface area contributed by atoms with E-state index in [0.29, 0.717) is 12.5 Å². The lowest BCUT2D eigenvalue weighted by Gasteiger charge is -2.18. The van der Waals surface area contributed by atoms with Gasteiger partial charge in [-0.2, -0.15) is 0 Å². The highest BCUT2D eigenvalue weighted by Crippen LogP contribution is 2.22. The summed E-state index contributed by atoms with van der Waals surface area (Å²) in [6.45, 7) is 2.25. The van der Waals surface area contributed by atoms with Crippen LogP contribution >= 0.6 is 0 Å². The number of para-hydroxylation sites is 1. The van der Waals surface area contributed by atoms with Gasteiger partial charge in [-0.3, -0.25) is 19.5 Å². The predicted molar refractivity (Wildman–Crippen MR) is 91.1 cm³/mol. The van der Waals surface area contributed by atoms with Crippen LogP contribution in [0.3, 0.4) is 0 Å². The Hall–Kier alpha value is -2.83. The molecule has 0 bridgehead atoms. The number of aromatic amines is 1. The number of aromatic nitrogens is 2. The zero-order chi connectivity index (χ0) is 16.9. The van der Waals surface area contributed by atoms with Crippen molar-refractivity contribution in [3.05, 3.63) is 63.2 Å². The normalized spacial score (nSPS) is 17.0. The van der Waals surface area contributed by atoms with E-state index >= 15 is 0 Å². The van der Waals surface area contributed by atoms with E-state index in [1.54, 1.807) is 0 Å². The van der Waals surface area contributed by atoms with Crippen LogP contribution in [0.4, 0.5) is 5.69 Å². The molecule has 2 aromatic rings. The summed E-state index contributed by atoms with van der Waals surface area (Å²) in [6, 6.07) is 12.5. The summed E-state index contributed by atoms with van der Waals surface area (Å²) in [7, 11) is 0. The monoisotopic (exact) mass is 328 g/mol. The van der Waals surface area contributed by atoms with Gasteiger partial charge in [-0.25, -0.2) is 4.68 Å². The molecule has 0 saturated carbocycles. The van der Waals surface area contributed by atoms with Gasteiger partial charge in [0, 0.05) is 37.5 Å². The number of rotatable bonds is 5. The zero-order valence-electron chi connectivity index (χ0n) is 13.3. The second-order valence-electron chi connectivity index (χ2n) is 5.97. The van der Waals surface area contributed by atoms with Crippen LogP contribution in [0.2, 0.25) is 0 Å². The van der Waals surface area contributed by atoms with Crippen molar-refractivity contribution in [1.29, 1.82) is 0 Å². The Morgan fingerprint density at radius 2 is 1.96 bits per heavy atom. The molecule has 7 nitrogen and oxygen atoms in total. The number of benzene rings is 1. The highest BCUT2D eigenvalue weighted by Gasteiger charge is 2.23. The minimum atomic E-state index is -0.406. The molecule has 2 heterocycles. The van der Waals surface area contributed by atoms with Crippen molar-refractivity contribution in [2.24, 2.45) is 5.92 Å². The number of hydrogen-bond donors (Lipinski definition) is 2. The second-order valence-corrected chi connectivity index (χ2v) is 5.97. The summed E-state index contributed by atoms with van der Waals surface area (Å²) in [5.41, 5.74) is 0.386. The van der Waals surface area contributed by atoms with Crippen LogP contribution in [0.15, 0.2) is 52.1 Å². The van der Waals surface area contributed by atoms with E-state index in [2.05, 4.69) is 27.4 Å². The number of carbonyl (C=O) groups is 1. The number of amides is 1.